The van der Waals surface area contributed by atoms with E-state index in [1.807, 2.05) is 4.90 Å². The van der Waals surface area contributed by atoms with Crippen molar-refractivity contribution in [1.29, 1.82) is 0 Å². The summed E-state index contributed by atoms with van der Waals surface area (Å²) < 4.78 is 6.01. The predicted octanol–water partition coefficient (Wildman–Crippen LogP) is 2.63. The maximum Gasteiger partial charge on any atom is 0.320 e. The number of nitrogen functional groups attached to an aromatic ring is 1. The van der Waals surface area contributed by atoms with Crippen LogP contribution in [0.25, 0.3) is 0 Å². The number of nitrogens with zero attached hydrogens (tertiary/aromatic N) is 3. The first kappa shape index (κ1) is 25.2. The largest absolute Gasteiger partial charge is 0.496 e. The zero-order chi connectivity index (χ0) is 24.0. The van der Waals surface area contributed by atoms with E-state index in [0.717, 1.165) is 58.4 Å². The summed E-state index contributed by atoms with van der Waals surface area (Å²) in [4.78, 5) is 31.2. The van der Waals surface area contributed by atoms with Gasteiger partial charge in [-0.05, 0) is 53.6 Å². The molecule has 2 fully saturated rings. The number of terminal acetylenes is 1. The van der Waals surface area contributed by atoms with Crippen LogP contribution in [0, 0.1) is 18.3 Å². The van der Waals surface area contributed by atoms with Gasteiger partial charge in [0.05, 0.1) is 19.2 Å². The van der Waals surface area contributed by atoms with Crippen molar-refractivity contribution in [2.45, 2.75) is 31.7 Å². The van der Waals surface area contributed by atoms with Crippen LogP contribution in [0.5, 0.6) is 5.75 Å². The van der Waals surface area contributed by atoms with Crippen molar-refractivity contribution in [3.63, 3.8) is 0 Å². The number of ether oxygens (including phenoxy) is 1. The maximum atomic E-state index is 12.8. The van der Waals surface area contributed by atoms with E-state index < -0.39 is 0 Å². The molecule has 0 atom stereocenters. The molecule has 180 valence electrons. The highest BCUT2D eigenvalue weighted by Gasteiger charge is 2.28. The summed E-state index contributed by atoms with van der Waals surface area (Å²) in [5, 5.41) is 3.15. The molecule has 1 aromatic carbocycles. The Bertz CT molecular complexity index is 887. The molecule has 2 aliphatic rings. The third-order valence-corrected chi connectivity index (χ3v) is 7.23. The smallest absolute Gasteiger partial charge is 0.320 e. The average Bonchev–Trinajstić information content (AvgIpc) is 2.82. The third-order valence-electron chi connectivity index (χ3n) is 6.54. The molecule has 0 saturated carbocycles. The van der Waals surface area contributed by atoms with Crippen LogP contribution in [0.4, 0.5) is 10.5 Å². The van der Waals surface area contributed by atoms with Crippen LogP contribution in [0.3, 0.4) is 0 Å². The molecule has 2 saturated heterocycles. The number of nitrogens with one attached hydrogen (secondary N) is 1. The summed E-state index contributed by atoms with van der Waals surface area (Å²) in [5.74, 6) is 3.44. The summed E-state index contributed by atoms with van der Waals surface area (Å²) >= 11 is 3.38. The Morgan fingerprint density at radius 2 is 1.91 bits per heavy atom. The number of urea groups is 1. The Morgan fingerprint density at radius 1 is 1.24 bits per heavy atom. The molecular weight excluding hydrogens is 486 g/mol. The van der Waals surface area contributed by atoms with Crippen molar-refractivity contribution in [2.24, 2.45) is 5.92 Å². The topological polar surface area (TPSA) is 91.1 Å². The first-order chi connectivity index (χ1) is 15.8. The minimum absolute atomic E-state index is 0.0210. The van der Waals surface area contributed by atoms with Gasteiger partial charge in [-0.2, -0.15) is 0 Å². The van der Waals surface area contributed by atoms with Crippen molar-refractivity contribution in [1.82, 2.24) is 20.0 Å². The Kier molecular flexibility index (Phi) is 8.87. The van der Waals surface area contributed by atoms with Crippen LogP contribution in [0.15, 0.2) is 16.6 Å². The summed E-state index contributed by atoms with van der Waals surface area (Å²) in [6, 6.07) is 3.53. The lowest BCUT2D eigenvalue weighted by atomic mass is 9.94. The van der Waals surface area contributed by atoms with E-state index in [1.165, 1.54) is 7.11 Å². The number of piperidine rings is 2. The fourth-order valence-corrected chi connectivity index (χ4v) is 4.90. The fourth-order valence-electron chi connectivity index (χ4n) is 4.56. The highest BCUT2D eigenvalue weighted by molar-refractivity contribution is 9.10. The fraction of sp³-hybridized carbons (Fsp3) is 0.583. The Balaban J connectivity index is 1.42. The highest BCUT2D eigenvalue weighted by atomic mass is 79.9. The molecule has 0 aliphatic carbocycles. The van der Waals surface area contributed by atoms with Gasteiger partial charge in [0.25, 0.3) is 5.91 Å². The zero-order valence-electron chi connectivity index (χ0n) is 19.5. The van der Waals surface area contributed by atoms with E-state index in [-0.39, 0.29) is 18.0 Å². The maximum absolute atomic E-state index is 12.8. The summed E-state index contributed by atoms with van der Waals surface area (Å²) in [7, 11) is 3.29. The van der Waals surface area contributed by atoms with Crippen LogP contribution in [0.1, 0.15) is 36.0 Å². The molecule has 8 nitrogen and oxygen atoms in total. The van der Waals surface area contributed by atoms with E-state index in [9.17, 15) is 9.59 Å². The number of hydrogen-bond acceptors (Lipinski definition) is 5. The van der Waals surface area contributed by atoms with Gasteiger partial charge in [-0.3, -0.25) is 4.79 Å². The zero-order valence-corrected chi connectivity index (χ0v) is 21.1. The van der Waals surface area contributed by atoms with Crippen LogP contribution < -0.4 is 15.8 Å². The molecule has 0 aromatic heterocycles. The molecule has 0 unspecified atom stereocenters. The molecule has 3 amide bonds. The lowest BCUT2D eigenvalue weighted by Gasteiger charge is -2.38. The monoisotopic (exact) mass is 519 g/mol. The summed E-state index contributed by atoms with van der Waals surface area (Å²) in [6.07, 6.45) is 9.16. The quantitative estimate of drug-likeness (QED) is 0.445. The molecule has 0 radical (unpaired) electrons. The number of anilines is 1. The van der Waals surface area contributed by atoms with E-state index in [4.69, 9.17) is 16.9 Å². The molecule has 1 aromatic rings. The Morgan fingerprint density at radius 3 is 2.52 bits per heavy atom. The Hall–Kier alpha value is -2.44. The number of benzene rings is 1. The minimum atomic E-state index is -0.141. The van der Waals surface area contributed by atoms with Crippen molar-refractivity contribution in [3.8, 4) is 18.1 Å². The van der Waals surface area contributed by atoms with Crippen molar-refractivity contribution in [2.75, 3.05) is 59.2 Å². The molecule has 2 heterocycles. The molecular formula is C24H34BrN5O3. The number of rotatable bonds is 6. The van der Waals surface area contributed by atoms with Gasteiger partial charge in [0.1, 0.15) is 5.75 Å². The lowest BCUT2D eigenvalue weighted by Crippen LogP contribution is -2.48. The van der Waals surface area contributed by atoms with Gasteiger partial charge in [-0.1, -0.05) is 5.92 Å². The van der Waals surface area contributed by atoms with Gasteiger partial charge in [-0.15, -0.1) is 6.42 Å². The van der Waals surface area contributed by atoms with Gasteiger partial charge in [0.15, 0.2) is 0 Å². The number of halogens is 1. The molecule has 33 heavy (non-hydrogen) atoms. The number of carbonyl (C=O) groups excluding carboxylic acids is 2. The van der Waals surface area contributed by atoms with Gasteiger partial charge in [0, 0.05) is 62.0 Å². The van der Waals surface area contributed by atoms with Crippen LogP contribution in [0.2, 0.25) is 0 Å². The second-order valence-electron chi connectivity index (χ2n) is 8.90. The number of methoxy groups -OCH3 is 1. The van der Waals surface area contributed by atoms with Crippen molar-refractivity contribution in [3.05, 3.63) is 22.2 Å². The van der Waals surface area contributed by atoms with Crippen LogP contribution in [-0.2, 0) is 0 Å². The number of carbonyl (C=O) groups is 2. The Labute approximate surface area is 204 Å². The second kappa shape index (κ2) is 11.6. The molecule has 3 rings (SSSR count). The average molecular weight is 520 g/mol. The van der Waals surface area contributed by atoms with Crippen LogP contribution in [-0.4, -0.2) is 86.1 Å². The van der Waals surface area contributed by atoms with Gasteiger partial charge < -0.3 is 30.5 Å². The van der Waals surface area contributed by atoms with Gasteiger partial charge >= 0.3 is 6.03 Å². The SMILES string of the molecule is C#CCN(C)C(=O)N1CCC(CN2CCC(NC(=O)c3cc(Br)c(N)cc3OC)CC2)CC1. The number of hydrogen-bond donors (Lipinski definition) is 2. The number of likely N-dealkylation sites (tertiary alicyclic amines) is 2. The standard InChI is InChI=1S/C24H34BrN5O3/c1-4-9-28(2)24(32)30-12-5-17(6-13-30)16-29-10-7-18(8-11-29)27-23(31)19-14-20(25)21(26)15-22(19)33-3/h1,14-15,17-18H,5-13,16,26H2,2-3H3,(H,27,31). The highest BCUT2D eigenvalue weighted by Crippen LogP contribution is 2.29. The molecule has 3 N–H and O–H groups in total. The van der Waals surface area contributed by atoms with Gasteiger partial charge in [0.2, 0.25) is 0 Å². The number of nitrogens with two attached hydrogens (primary N) is 1. The van der Waals surface area contributed by atoms with Crippen molar-refractivity contribution >= 4 is 33.6 Å². The summed E-state index contributed by atoms with van der Waals surface area (Å²) in [6.45, 7) is 4.86. The predicted molar refractivity (Wildman–Crippen MR) is 133 cm³/mol. The third kappa shape index (κ3) is 6.55. The first-order valence-corrected chi connectivity index (χ1v) is 12.2. The van der Waals surface area contributed by atoms with E-state index in [2.05, 4.69) is 32.1 Å². The van der Waals surface area contributed by atoms with E-state index in [1.54, 1.807) is 24.1 Å². The molecule has 9 heteroatoms. The first-order valence-electron chi connectivity index (χ1n) is 11.4. The molecule has 0 spiro atoms. The normalized spacial score (nSPS) is 17.9. The number of amides is 3. The van der Waals surface area contributed by atoms with Gasteiger partial charge in [-0.25, -0.2) is 4.79 Å². The molecule has 2 aliphatic heterocycles. The lowest BCUT2D eigenvalue weighted by molar-refractivity contribution is 0.0887. The minimum Gasteiger partial charge on any atom is -0.496 e. The second-order valence-corrected chi connectivity index (χ2v) is 9.75. The van der Waals surface area contributed by atoms with E-state index in [0.29, 0.717) is 33.9 Å². The summed E-state index contributed by atoms with van der Waals surface area (Å²) in [5.41, 5.74) is 6.91. The molecule has 0 bridgehead atoms. The van der Waals surface area contributed by atoms with E-state index >= 15 is 0 Å². The van der Waals surface area contributed by atoms with Crippen molar-refractivity contribution < 1.29 is 14.3 Å². The van der Waals surface area contributed by atoms with Crippen LogP contribution >= 0.6 is 15.9 Å².